The van der Waals surface area contributed by atoms with Crippen molar-refractivity contribution in [3.05, 3.63) is 0 Å². The Morgan fingerprint density at radius 2 is 2.12 bits per heavy atom. The van der Waals surface area contributed by atoms with Crippen LogP contribution in [0.4, 0.5) is 0 Å². The number of aliphatic hydroxyl groups excluding tert-OH is 1. The summed E-state index contributed by atoms with van der Waals surface area (Å²) < 4.78 is 0. The molecule has 1 amide bonds. The molecule has 3 atom stereocenters. The zero-order valence-corrected chi connectivity index (χ0v) is 11.2. The predicted molar refractivity (Wildman–Crippen MR) is 69.5 cm³/mol. The smallest absolute Gasteiger partial charge is 0.234 e. The highest BCUT2D eigenvalue weighted by molar-refractivity contribution is 7.99. The van der Waals surface area contributed by atoms with Crippen LogP contribution in [0.3, 0.4) is 0 Å². The molecule has 0 fully saturated rings. The number of hydrogen-bond acceptors (Lipinski definition) is 4. The van der Waals surface area contributed by atoms with E-state index in [0.717, 1.165) is 25.1 Å². The van der Waals surface area contributed by atoms with E-state index in [1.54, 1.807) is 18.7 Å². The summed E-state index contributed by atoms with van der Waals surface area (Å²) in [6, 6.07) is -0.242. The molecule has 0 rings (SSSR count). The number of rotatable bonds is 9. The van der Waals surface area contributed by atoms with Gasteiger partial charge in [0.15, 0.2) is 0 Å². The number of nitrogens with two attached hydrogens (primary N) is 1. The number of amides is 1. The number of primary amides is 1. The van der Waals surface area contributed by atoms with Crippen molar-refractivity contribution in [1.29, 1.82) is 0 Å². The van der Waals surface area contributed by atoms with E-state index in [-0.39, 0.29) is 23.3 Å². The van der Waals surface area contributed by atoms with E-state index >= 15 is 0 Å². The Kier molecular flexibility index (Phi) is 8.70. The fraction of sp³-hybridized carbons (Fsp3) is 0.909. The van der Waals surface area contributed by atoms with Crippen LogP contribution in [0.5, 0.6) is 0 Å². The third-order valence-electron chi connectivity index (χ3n) is 2.45. The molecule has 5 heteroatoms. The minimum absolute atomic E-state index is 0.194. The van der Waals surface area contributed by atoms with Crippen LogP contribution in [-0.4, -0.2) is 40.7 Å². The van der Waals surface area contributed by atoms with Crippen LogP contribution < -0.4 is 11.1 Å². The lowest BCUT2D eigenvalue weighted by Crippen LogP contribution is -2.42. The number of carbonyl (C=O) groups is 1. The maximum atomic E-state index is 11.1. The Bertz CT molecular complexity index is 200. The van der Waals surface area contributed by atoms with Crippen molar-refractivity contribution >= 4 is 17.7 Å². The van der Waals surface area contributed by atoms with Crippen LogP contribution in [0.2, 0.25) is 0 Å². The molecule has 4 nitrogen and oxygen atoms in total. The summed E-state index contributed by atoms with van der Waals surface area (Å²) in [6.45, 7) is 6.62. The van der Waals surface area contributed by atoms with Gasteiger partial charge in [-0.3, -0.25) is 4.79 Å². The minimum atomic E-state index is -0.319. The van der Waals surface area contributed by atoms with Crippen molar-refractivity contribution < 1.29 is 9.90 Å². The molecule has 0 aromatic rings. The van der Waals surface area contributed by atoms with Crippen molar-refractivity contribution in [3.8, 4) is 0 Å². The van der Waals surface area contributed by atoms with Gasteiger partial charge in [-0.05, 0) is 32.1 Å². The molecule has 0 aliphatic rings. The Labute approximate surface area is 102 Å². The zero-order chi connectivity index (χ0) is 12.6. The van der Waals surface area contributed by atoms with E-state index in [2.05, 4.69) is 12.2 Å². The van der Waals surface area contributed by atoms with Crippen molar-refractivity contribution in [2.24, 2.45) is 5.73 Å². The SMILES string of the molecule is CCCNC(CCSC(C)C(C)O)C(N)=O. The number of carbonyl (C=O) groups excluding carboxylic acids is 1. The van der Waals surface area contributed by atoms with Crippen LogP contribution >= 0.6 is 11.8 Å². The summed E-state index contributed by atoms with van der Waals surface area (Å²) in [5.41, 5.74) is 5.29. The van der Waals surface area contributed by atoms with Gasteiger partial charge in [0.2, 0.25) is 5.91 Å². The van der Waals surface area contributed by atoms with Crippen LogP contribution in [0, 0.1) is 0 Å². The summed E-state index contributed by atoms with van der Waals surface area (Å²) in [5.74, 6) is 0.537. The average molecular weight is 248 g/mol. The molecule has 0 bridgehead atoms. The first kappa shape index (κ1) is 15.7. The van der Waals surface area contributed by atoms with Crippen molar-refractivity contribution in [2.45, 2.75) is 51.0 Å². The first-order valence-electron chi connectivity index (χ1n) is 5.81. The second kappa shape index (κ2) is 8.84. The molecule has 0 saturated heterocycles. The van der Waals surface area contributed by atoms with Crippen molar-refractivity contribution in [1.82, 2.24) is 5.32 Å². The normalized spacial score (nSPS) is 16.8. The van der Waals surface area contributed by atoms with Gasteiger partial charge < -0.3 is 16.2 Å². The molecule has 0 aromatic heterocycles. The molecule has 0 aliphatic heterocycles. The summed E-state index contributed by atoms with van der Waals surface area (Å²) in [5, 5.41) is 12.6. The van der Waals surface area contributed by atoms with Crippen LogP contribution in [0.25, 0.3) is 0 Å². The second-order valence-electron chi connectivity index (χ2n) is 4.01. The van der Waals surface area contributed by atoms with E-state index in [0.29, 0.717) is 0 Å². The fourth-order valence-electron chi connectivity index (χ4n) is 1.17. The molecule has 16 heavy (non-hydrogen) atoms. The fourth-order valence-corrected chi connectivity index (χ4v) is 2.20. The molecular formula is C11H24N2O2S. The molecule has 0 saturated carbocycles. The Morgan fingerprint density at radius 1 is 1.50 bits per heavy atom. The van der Waals surface area contributed by atoms with E-state index in [4.69, 9.17) is 5.73 Å². The molecule has 0 radical (unpaired) electrons. The third-order valence-corrected chi connectivity index (χ3v) is 3.84. The number of hydrogen-bond donors (Lipinski definition) is 3. The summed E-state index contributed by atoms with van der Waals surface area (Å²) in [7, 11) is 0. The highest BCUT2D eigenvalue weighted by atomic mass is 32.2. The molecule has 0 spiro atoms. The van der Waals surface area contributed by atoms with Gasteiger partial charge >= 0.3 is 0 Å². The number of aliphatic hydroxyl groups is 1. The molecule has 0 heterocycles. The van der Waals surface area contributed by atoms with Crippen molar-refractivity contribution in [2.75, 3.05) is 12.3 Å². The maximum absolute atomic E-state index is 11.1. The van der Waals surface area contributed by atoms with Crippen LogP contribution in [0.15, 0.2) is 0 Å². The van der Waals surface area contributed by atoms with E-state index < -0.39 is 0 Å². The van der Waals surface area contributed by atoms with E-state index in [9.17, 15) is 9.90 Å². The van der Waals surface area contributed by atoms with Gasteiger partial charge in [0.1, 0.15) is 0 Å². The van der Waals surface area contributed by atoms with Gasteiger partial charge in [-0.15, -0.1) is 0 Å². The number of thioether (sulfide) groups is 1. The largest absolute Gasteiger partial charge is 0.392 e. The zero-order valence-electron chi connectivity index (χ0n) is 10.4. The van der Waals surface area contributed by atoms with Gasteiger partial charge in [-0.25, -0.2) is 0 Å². The lowest BCUT2D eigenvalue weighted by molar-refractivity contribution is -0.120. The predicted octanol–water partition coefficient (Wildman–Crippen LogP) is 0.733. The molecular weight excluding hydrogens is 224 g/mol. The van der Waals surface area contributed by atoms with Gasteiger partial charge in [0, 0.05) is 5.25 Å². The van der Waals surface area contributed by atoms with Crippen molar-refractivity contribution in [3.63, 3.8) is 0 Å². The standard InChI is InChI=1S/C11H24N2O2S/c1-4-6-13-10(11(12)15)5-7-16-9(3)8(2)14/h8-10,13-14H,4-7H2,1-3H3,(H2,12,15). The van der Waals surface area contributed by atoms with E-state index in [1.165, 1.54) is 0 Å². The number of nitrogens with one attached hydrogen (secondary N) is 1. The Hall–Kier alpha value is -0.260. The molecule has 3 unspecified atom stereocenters. The third kappa shape index (κ3) is 7.09. The Balaban J connectivity index is 3.80. The molecule has 0 aliphatic carbocycles. The monoisotopic (exact) mass is 248 g/mol. The first-order valence-corrected chi connectivity index (χ1v) is 6.86. The lowest BCUT2D eigenvalue weighted by atomic mass is 10.2. The summed E-state index contributed by atoms with van der Waals surface area (Å²) in [6.07, 6.45) is 1.39. The lowest BCUT2D eigenvalue weighted by Gasteiger charge is -2.17. The van der Waals surface area contributed by atoms with Gasteiger partial charge in [0.25, 0.3) is 0 Å². The summed E-state index contributed by atoms with van der Waals surface area (Å²) in [4.78, 5) is 11.1. The van der Waals surface area contributed by atoms with Crippen LogP contribution in [-0.2, 0) is 4.79 Å². The quantitative estimate of drug-likeness (QED) is 0.562. The molecule has 4 N–H and O–H groups in total. The van der Waals surface area contributed by atoms with Gasteiger partial charge in [0.05, 0.1) is 12.1 Å². The topological polar surface area (TPSA) is 75.3 Å². The maximum Gasteiger partial charge on any atom is 0.234 e. The van der Waals surface area contributed by atoms with Gasteiger partial charge in [-0.2, -0.15) is 11.8 Å². The molecule has 96 valence electrons. The first-order chi connectivity index (χ1) is 7.49. The van der Waals surface area contributed by atoms with Gasteiger partial charge in [-0.1, -0.05) is 13.8 Å². The molecule has 0 aromatic carbocycles. The Morgan fingerprint density at radius 3 is 2.56 bits per heavy atom. The minimum Gasteiger partial charge on any atom is -0.392 e. The average Bonchev–Trinajstić information content (AvgIpc) is 2.21. The van der Waals surface area contributed by atoms with Crippen LogP contribution in [0.1, 0.15) is 33.6 Å². The highest BCUT2D eigenvalue weighted by Gasteiger charge is 2.15. The summed E-state index contributed by atoms with van der Waals surface area (Å²) >= 11 is 1.67. The second-order valence-corrected chi connectivity index (χ2v) is 5.50. The highest BCUT2D eigenvalue weighted by Crippen LogP contribution is 2.15. The van der Waals surface area contributed by atoms with E-state index in [1.807, 2.05) is 6.92 Å².